The Kier molecular flexibility index (Phi) is 5.65. The Bertz CT molecular complexity index is 985. The molecule has 2 amide bonds. The number of methoxy groups -OCH3 is 1. The summed E-state index contributed by atoms with van der Waals surface area (Å²) in [5, 5.41) is 5.74. The van der Waals surface area contributed by atoms with Gasteiger partial charge in [0, 0.05) is 16.2 Å². The highest BCUT2D eigenvalue weighted by atomic mass is 32.2. The van der Waals surface area contributed by atoms with Gasteiger partial charge in [-0.25, -0.2) is 4.79 Å². The molecular formula is C21H22N2O4S2. The molecule has 1 aliphatic carbocycles. The van der Waals surface area contributed by atoms with Crippen LogP contribution in [0.3, 0.4) is 0 Å². The van der Waals surface area contributed by atoms with E-state index in [9.17, 15) is 14.4 Å². The number of thioether (sulfide) groups is 1. The van der Waals surface area contributed by atoms with Crippen molar-refractivity contribution < 1.29 is 19.1 Å². The molecule has 1 aromatic carbocycles. The number of esters is 1. The fourth-order valence-electron chi connectivity index (χ4n) is 3.73. The number of thiophene rings is 1. The number of carbonyl (C=O) groups is 3. The van der Waals surface area contributed by atoms with E-state index < -0.39 is 11.2 Å². The fourth-order valence-corrected chi connectivity index (χ4v) is 6.26. The maximum Gasteiger partial charge on any atom is 0.341 e. The monoisotopic (exact) mass is 430 g/mol. The summed E-state index contributed by atoms with van der Waals surface area (Å²) in [4.78, 5) is 39.6. The van der Waals surface area contributed by atoms with Crippen molar-refractivity contribution in [2.45, 2.75) is 42.8 Å². The van der Waals surface area contributed by atoms with Gasteiger partial charge in [-0.1, -0.05) is 19.1 Å². The second-order valence-corrected chi connectivity index (χ2v) is 9.74. The Balaban J connectivity index is 1.52. The van der Waals surface area contributed by atoms with E-state index in [0.717, 1.165) is 40.3 Å². The minimum atomic E-state index is -0.513. The Labute approximate surface area is 177 Å². The summed E-state index contributed by atoms with van der Waals surface area (Å²) in [6.07, 6.45) is 2.76. The molecule has 29 heavy (non-hydrogen) atoms. The van der Waals surface area contributed by atoms with Crippen molar-refractivity contribution in [1.29, 1.82) is 0 Å². The number of amides is 2. The van der Waals surface area contributed by atoms with Crippen LogP contribution in [0.4, 0.5) is 10.7 Å². The minimum absolute atomic E-state index is 0.0322. The number of anilines is 2. The second-order valence-electron chi connectivity index (χ2n) is 7.39. The molecule has 8 heteroatoms. The minimum Gasteiger partial charge on any atom is -0.465 e. The van der Waals surface area contributed by atoms with Crippen LogP contribution in [0.25, 0.3) is 0 Å². The topological polar surface area (TPSA) is 84.5 Å². The molecule has 0 saturated carbocycles. The Morgan fingerprint density at radius 2 is 2.10 bits per heavy atom. The van der Waals surface area contributed by atoms with Gasteiger partial charge < -0.3 is 15.4 Å². The van der Waals surface area contributed by atoms with Crippen molar-refractivity contribution >= 4 is 51.6 Å². The van der Waals surface area contributed by atoms with E-state index in [0.29, 0.717) is 16.5 Å². The van der Waals surface area contributed by atoms with Crippen molar-refractivity contribution in [3.63, 3.8) is 0 Å². The number of rotatable bonds is 4. The molecule has 4 rings (SSSR count). The van der Waals surface area contributed by atoms with Crippen LogP contribution in [0.1, 0.15) is 40.6 Å². The first-order valence-electron chi connectivity index (χ1n) is 9.55. The van der Waals surface area contributed by atoms with Gasteiger partial charge in [0.1, 0.15) is 5.00 Å². The van der Waals surface area contributed by atoms with Crippen LogP contribution in [0.5, 0.6) is 0 Å². The van der Waals surface area contributed by atoms with E-state index in [-0.39, 0.29) is 18.2 Å². The van der Waals surface area contributed by atoms with Crippen LogP contribution in [0.2, 0.25) is 0 Å². The number of hydrogen-bond donors (Lipinski definition) is 2. The number of hydrogen-bond acceptors (Lipinski definition) is 6. The van der Waals surface area contributed by atoms with Gasteiger partial charge in [0.05, 0.1) is 23.6 Å². The number of nitrogens with one attached hydrogen (secondary N) is 2. The molecule has 0 bridgehead atoms. The first-order valence-corrected chi connectivity index (χ1v) is 11.2. The summed E-state index contributed by atoms with van der Waals surface area (Å²) < 4.78 is 4.96. The third-order valence-electron chi connectivity index (χ3n) is 5.23. The fraction of sp³-hybridized carbons (Fsp3) is 0.381. The predicted molar refractivity (Wildman–Crippen MR) is 115 cm³/mol. The van der Waals surface area contributed by atoms with Gasteiger partial charge >= 0.3 is 5.97 Å². The van der Waals surface area contributed by atoms with Gasteiger partial charge in [0.2, 0.25) is 11.8 Å². The molecule has 2 atom stereocenters. The van der Waals surface area contributed by atoms with Gasteiger partial charge in [-0.05, 0) is 42.9 Å². The van der Waals surface area contributed by atoms with Crippen molar-refractivity contribution in [1.82, 2.24) is 0 Å². The number of benzene rings is 1. The molecule has 2 aromatic rings. The lowest BCUT2D eigenvalue weighted by atomic mass is 9.88. The molecule has 2 unspecified atom stereocenters. The molecule has 0 fully saturated rings. The van der Waals surface area contributed by atoms with E-state index in [1.165, 1.54) is 30.2 Å². The number of fused-ring (bicyclic) bond motifs is 2. The molecule has 1 aromatic heterocycles. The first kappa shape index (κ1) is 20.0. The average molecular weight is 431 g/mol. The van der Waals surface area contributed by atoms with E-state index in [1.807, 2.05) is 24.3 Å². The van der Waals surface area contributed by atoms with Crippen LogP contribution in [-0.4, -0.2) is 30.1 Å². The van der Waals surface area contributed by atoms with Crippen LogP contribution < -0.4 is 10.6 Å². The Hall–Kier alpha value is -2.32. The summed E-state index contributed by atoms with van der Waals surface area (Å²) in [6, 6.07) is 7.53. The summed E-state index contributed by atoms with van der Waals surface area (Å²) in [5.41, 5.74) is 2.24. The summed E-state index contributed by atoms with van der Waals surface area (Å²) in [5.74, 6) is -0.339. The van der Waals surface area contributed by atoms with E-state index in [1.54, 1.807) is 0 Å². The Morgan fingerprint density at radius 1 is 1.31 bits per heavy atom. The van der Waals surface area contributed by atoms with Crippen molar-refractivity contribution in [2.75, 3.05) is 17.7 Å². The molecule has 0 spiro atoms. The second kappa shape index (κ2) is 8.20. The number of ether oxygens (including phenoxy) is 1. The van der Waals surface area contributed by atoms with Gasteiger partial charge in [-0.15, -0.1) is 23.1 Å². The third-order valence-corrected chi connectivity index (χ3v) is 7.68. The van der Waals surface area contributed by atoms with Crippen LogP contribution in [-0.2, 0) is 27.2 Å². The highest BCUT2D eigenvalue weighted by Crippen LogP contribution is 2.41. The Morgan fingerprint density at radius 3 is 2.90 bits per heavy atom. The van der Waals surface area contributed by atoms with Gasteiger partial charge in [0.25, 0.3) is 0 Å². The molecule has 0 saturated heterocycles. The number of carbonyl (C=O) groups excluding carboxylic acids is 3. The van der Waals surface area contributed by atoms with Crippen LogP contribution in [0, 0.1) is 5.92 Å². The van der Waals surface area contributed by atoms with E-state index in [4.69, 9.17) is 4.74 Å². The molecule has 2 aliphatic rings. The molecule has 0 radical (unpaired) electrons. The van der Waals surface area contributed by atoms with Crippen molar-refractivity contribution in [2.24, 2.45) is 5.92 Å². The zero-order valence-corrected chi connectivity index (χ0v) is 17.9. The maximum absolute atomic E-state index is 12.7. The first-order chi connectivity index (χ1) is 14.0. The molecule has 6 nitrogen and oxygen atoms in total. The van der Waals surface area contributed by atoms with Crippen molar-refractivity contribution in [3.8, 4) is 0 Å². The molecule has 152 valence electrons. The molecule has 2 N–H and O–H groups in total. The summed E-state index contributed by atoms with van der Waals surface area (Å²) in [7, 11) is 1.35. The van der Waals surface area contributed by atoms with Gasteiger partial charge in [-0.2, -0.15) is 0 Å². The third kappa shape index (κ3) is 4.04. The molecule has 1 aliphatic heterocycles. The summed E-state index contributed by atoms with van der Waals surface area (Å²) in [6.45, 7) is 2.19. The van der Waals surface area contributed by atoms with Crippen molar-refractivity contribution in [3.05, 3.63) is 40.3 Å². The van der Waals surface area contributed by atoms with E-state index in [2.05, 4.69) is 17.6 Å². The lowest BCUT2D eigenvalue weighted by Gasteiger charge is -2.23. The average Bonchev–Trinajstić information content (AvgIpc) is 3.04. The van der Waals surface area contributed by atoms with Crippen LogP contribution >= 0.6 is 23.1 Å². The van der Waals surface area contributed by atoms with Gasteiger partial charge in [-0.3, -0.25) is 9.59 Å². The quantitative estimate of drug-likeness (QED) is 0.714. The number of para-hydroxylation sites is 1. The largest absolute Gasteiger partial charge is 0.465 e. The van der Waals surface area contributed by atoms with Gasteiger partial charge in [0.15, 0.2) is 0 Å². The standard InChI is InChI=1S/C21H22N2O4S2/c1-11-7-8-12-15(9-11)29-20(18(12)21(26)27-2)23-17(24)10-16-19(25)22-13-5-3-4-6-14(13)28-16/h3-6,11,16H,7-10H2,1-2H3,(H,22,25)(H,23,24). The zero-order valence-electron chi connectivity index (χ0n) is 16.2. The van der Waals surface area contributed by atoms with E-state index >= 15 is 0 Å². The highest BCUT2D eigenvalue weighted by Gasteiger charge is 2.31. The highest BCUT2D eigenvalue weighted by molar-refractivity contribution is 8.01. The lowest BCUT2D eigenvalue weighted by Crippen LogP contribution is -2.32. The normalized spacial score (nSPS) is 20.3. The SMILES string of the molecule is COC(=O)c1c(NC(=O)CC2Sc3ccccc3NC2=O)sc2c1CCC(C)C2. The lowest BCUT2D eigenvalue weighted by molar-refractivity contribution is -0.120. The maximum atomic E-state index is 12.7. The molecule has 2 heterocycles. The van der Waals surface area contributed by atoms with Crippen LogP contribution in [0.15, 0.2) is 29.2 Å². The zero-order chi connectivity index (χ0) is 20.5. The predicted octanol–water partition coefficient (Wildman–Crippen LogP) is 4.10. The summed E-state index contributed by atoms with van der Waals surface area (Å²) >= 11 is 2.83. The molecular weight excluding hydrogens is 408 g/mol. The smallest absolute Gasteiger partial charge is 0.341 e.